The van der Waals surface area contributed by atoms with Gasteiger partial charge in [0, 0.05) is 18.3 Å². The van der Waals surface area contributed by atoms with Crippen molar-refractivity contribution in [2.24, 2.45) is 7.05 Å². The Morgan fingerprint density at radius 3 is 2.59 bits per heavy atom. The first kappa shape index (κ1) is 19.0. The van der Waals surface area contributed by atoms with E-state index in [0.717, 1.165) is 21.9 Å². The Kier molecular flexibility index (Phi) is 5.51. The topological polar surface area (TPSA) is 57.3 Å². The van der Waals surface area contributed by atoms with E-state index in [0.29, 0.717) is 29.4 Å². The highest BCUT2D eigenvalue weighted by atomic mass is 35.5. The number of allylic oxidation sites excluding steroid dienone is 1. The molecule has 2 aromatic heterocycles. The van der Waals surface area contributed by atoms with Crippen LogP contribution >= 0.6 is 11.6 Å². The summed E-state index contributed by atoms with van der Waals surface area (Å²) in [4.78, 5) is 12.2. The van der Waals surface area contributed by atoms with E-state index in [9.17, 15) is 4.79 Å². The highest BCUT2D eigenvalue weighted by Crippen LogP contribution is 2.26. The second-order valence-corrected chi connectivity index (χ2v) is 6.84. The van der Waals surface area contributed by atoms with Gasteiger partial charge in [0.15, 0.2) is 5.78 Å². The molecule has 3 rings (SSSR count). The van der Waals surface area contributed by atoms with Gasteiger partial charge in [-0.1, -0.05) is 11.6 Å². The predicted molar refractivity (Wildman–Crippen MR) is 105 cm³/mol. The number of hydrogen-bond acceptors (Lipinski definition) is 4. The van der Waals surface area contributed by atoms with Crippen LogP contribution in [0, 0.1) is 20.8 Å². The van der Waals surface area contributed by atoms with Crippen LogP contribution in [0.5, 0.6) is 5.75 Å². The molecule has 0 saturated carbocycles. The summed E-state index contributed by atoms with van der Waals surface area (Å²) in [5.74, 6) is 1.89. The second kappa shape index (κ2) is 7.84. The Hall–Kier alpha value is -2.79. The third-order valence-corrected chi connectivity index (χ3v) is 4.75. The van der Waals surface area contributed by atoms with Crippen LogP contribution < -0.4 is 4.74 Å². The summed E-state index contributed by atoms with van der Waals surface area (Å²) in [6.07, 6.45) is 4.84. The first-order valence-corrected chi connectivity index (χ1v) is 8.92. The molecule has 140 valence electrons. The van der Waals surface area contributed by atoms with Crippen molar-refractivity contribution in [3.63, 3.8) is 0 Å². The number of furan rings is 1. The zero-order chi connectivity index (χ0) is 19.6. The zero-order valence-corrected chi connectivity index (χ0v) is 16.5. The van der Waals surface area contributed by atoms with Crippen molar-refractivity contribution in [3.05, 3.63) is 75.5 Å². The Morgan fingerprint density at radius 2 is 1.96 bits per heavy atom. The van der Waals surface area contributed by atoms with Gasteiger partial charge in [-0.2, -0.15) is 5.10 Å². The predicted octanol–water partition coefficient (Wildman–Crippen LogP) is 5.07. The number of rotatable bonds is 6. The second-order valence-electron chi connectivity index (χ2n) is 6.46. The van der Waals surface area contributed by atoms with Crippen LogP contribution in [0.3, 0.4) is 0 Å². The molecule has 0 radical (unpaired) electrons. The molecule has 3 aromatic rings. The first-order valence-electron chi connectivity index (χ1n) is 8.54. The number of carbonyl (C=O) groups is 1. The van der Waals surface area contributed by atoms with E-state index in [-0.39, 0.29) is 5.78 Å². The molecule has 0 bridgehead atoms. The van der Waals surface area contributed by atoms with Crippen molar-refractivity contribution >= 4 is 23.5 Å². The number of benzene rings is 1. The number of ether oxygens (including phenoxy) is 1. The van der Waals surface area contributed by atoms with Crippen molar-refractivity contribution in [1.29, 1.82) is 0 Å². The minimum absolute atomic E-state index is 0.109. The lowest BCUT2D eigenvalue weighted by atomic mass is 10.1. The van der Waals surface area contributed by atoms with Crippen molar-refractivity contribution in [3.8, 4) is 5.75 Å². The monoisotopic (exact) mass is 384 g/mol. The molecule has 0 fully saturated rings. The SMILES string of the molecule is Cc1cc(OCc2ccc(/C=C/C(=O)c3cn(C)nc3C)o2)cc(C)c1Cl. The van der Waals surface area contributed by atoms with Crippen LogP contribution in [0.2, 0.25) is 5.02 Å². The van der Waals surface area contributed by atoms with Gasteiger partial charge in [0.2, 0.25) is 0 Å². The molecule has 0 unspecified atom stereocenters. The van der Waals surface area contributed by atoms with E-state index in [1.165, 1.54) is 6.08 Å². The zero-order valence-electron chi connectivity index (χ0n) is 15.7. The molecule has 5 nitrogen and oxygen atoms in total. The molecule has 6 heteroatoms. The summed E-state index contributed by atoms with van der Waals surface area (Å²) in [7, 11) is 1.79. The van der Waals surface area contributed by atoms with E-state index in [4.69, 9.17) is 20.8 Å². The minimum Gasteiger partial charge on any atom is -0.486 e. The van der Waals surface area contributed by atoms with Gasteiger partial charge < -0.3 is 9.15 Å². The average Bonchev–Trinajstić information content (AvgIpc) is 3.21. The lowest BCUT2D eigenvalue weighted by molar-refractivity contribution is 0.104. The van der Waals surface area contributed by atoms with Crippen LogP contribution in [0.4, 0.5) is 0 Å². The van der Waals surface area contributed by atoms with Crippen LogP contribution in [0.25, 0.3) is 6.08 Å². The van der Waals surface area contributed by atoms with Gasteiger partial charge in [-0.05, 0) is 68.3 Å². The largest absolute Gasteiger partial charge is 0.486 e. The highest BCUT2D eigenvalue weighted by Gasteiger charge is 2.10. The summed E-state index contributed by atoms with van der Waals surface area (Å²) in [6.45, 7) is 5.99. The number of halogens is 1. The summed E-state index contributed by atoms with van der Waals surface area (Å²) >= 11 is 6.17. The highest BCUT2D eigenvalue weighted by molar-refractivity contribution is 6.32. The van der Waals surface area contributed by atoms with Gasteiger partial charge in [-0.15, -0.1) is 0 Å². The van der Waals surface area contributed by atoms with Crippen LogP contribution in [-0.4, -0.2) is 15.6 Å². The van der Waals surface area contributed by atoms with Gasteiger partial charge in [0.1, 0.15) is 23.9 Å². The number of aromatic nitrogens is 2. The molecule has 1 aromatic carbocycles. The molecule has 0 saturated heterocycles. The molecule has 27 heavy (non-hydrogen) atoms. The van der Waals surface area contributed by atoms with E-state index >= 15 is 0 Å². The van der Waals surface area contributed by atoms with Gasteiger partial charge in [-0.3, -0.25) is 9.48 Å². The standard InChI is InChI=1S/C21H21ClN2O3/c1-13-9-18(10-14(2)21(13)22)26-12-17-6-5-16(27-17)7-8-20(25)19-11-24(4)23-15(19)3/h5-11H,12H2,1-4H3/b8-7+. The average molecular weight is 385 g/mol. The normalized spacial score (nSPS) is 11.3. The third-order valence-electron chi connectivity index (χ3n) is 4.15. The molecule has 0 amide bonds. The Morgan fingerprint density at radius 1 is 1.26 bits per heavy atom. The molecule has 2 heterocycles. The smallest absolute Gasteiger partial charge is 0.189 e. The maximum Gasteiger partial charge on any atom is 0.189 e. The summed E-state index contributed by atoms with van der Waals surface area (Å²) in [6, 6.07) is 7.42. The number of carbonyl (C=O) groups excluding carboxylic acids is 1. The van der Waals surface area contributed by atoms with E-state index in [1.807, 2.05) is 39.0 Å². The quantitative estimate of drug-likeness (QED) is 0.440. The van der Waals surface area contributed by atoms with Crippen molar-refractivity contribution in [1.82, 2.24) is 9.78 Å². The maximum atomic E-state index is 12.2. The fourth-order valence-electron chi connectivity index (χ4n) is 2.79. The fraction of sp³-hybridized carbons (Fsp3) is 0.238. The number of hydrogen-bond donors (Lipinski definition) is 0. The molecule has 0 aliphatic heterocycles. The fourth-order valence-corrected chi connectivity index (χ4v) is 2.90. The van der Waals surface area contributed by atoms with Gasteiger partial charge >= 0.3 is 0 Å². The Labute approximate surface area is 163 Å². The summed E-state index contributed by atoms with van der Waals surface area (Å²) < 4.78 is 13.1. The first-order chi connectivity index (χ1) is 12.8. The van der Waals surface area contributed by atoms with Gasteiger partial charge in [-0.25, -0.2) is 0 Å². The van der Waals surface area contributed by atoms with E-state index < -0.39 is 0 Å². The van der Waals surface area contributed by atoms with Crippen LogP contribution in [-0.2, 0) is 13.7 Å². The van der Waals surface area contributed by atoms with Crippen molar-refractivity contribution in [2.45, 2.75) is 27.4 Å². The summed E-state index contributed by atoms with van der Waals surface area (Å²) in [5.41, 5.74) is 3.23. The number of nitrogens with zero attached hydrogens (tertiary/aromatic N) is 2. The number of ketones is 1. The summed E-state index contributed by atoms with van der Waals surface area (Å²) in [5, 5.41) is 4.93. The number of aryl methyl sites for hydroxylation is 4. The molecule has 0 N–H and O–H groups in total. The van der Waals surface area contributed by atoms with E-state index in [1.54, 1.807) is 30.1 Å². The molecular weight excluding hydrogens is 364 g/mol. The third kappa shape index (κ3) is 4.49. The van der Waals surface area contributed by atoms with Crippen LogP contribution in [0.1, 0.15) is 38.7 Å². The molecule has 0 spiro atoms. The van der Waals surface area contributed by atoms with Gasteiger partial charge in [0.25, 0.3) is 0 Å². The van der Waals surface area contributed by atoms with Crippen molar-refractivity contribution < 1.29 is 13.9 Å². The molecule has 0 aliphatic carbocycles. The molecule has 0 aliphatic rings. The molecular formula is C21H21ClN2O3. The minimum atomic E-state index is -0.109. The van der Waals surface area contributed by atoms with Crippen LogP contribution in [0.15, 0.2) is 41.0 Å². The molecule has 0 atom stereocenters. The van der Waals surface area contributed by atoms with E-state index in [2.05, 4.69) is 5.10 Å². The lowest BCUT2D eigenvalue weighted by Gasteiger charge is -2.08. The Bertz CT molecular complexity index is 991. The Balaban J connectivity index is 1.63. The van der Waals surface area contributed by atoms with Crippen molar-refractivity contribution in [2.75, 3.05) is 0 Å². The van der Waals surface area contributed by atoms with Gasteiger partial charge in [0.05, 0.1) is 11.3 Å². The maximum absolute atomic E-state index is 12.2. The lowest BCUT2D eigenvalue weighted by Crippen LogP contribution is -1.95.